The van der Waals surface area contributed by atoms with Crippen molar-refractivity contribution in [3.8, 4) is 11.8 Å². The number of carbonyl (C=O) groups is 1. The highest BCUT2D eigenvalue weighted by Crippen LogP contribution is 2.39. The van der Waals surface area contributed by atoms with Crippen molar-refractivity contribution in [3.63, 3.8) is 0 Å². The van der Waals surface area contributed by atoms with Crippen LogP contribution in [0, 0.1) is 17.3 Å². The predicted molar refractivity (Wildman–Crippen MR) is 118 cm³/mol. The molecular formula is C25H23N3O2. The topological polar surface area (TPSA) is 65.5 Å². The summed E-state index contributed by atoms with van der Waals surface area (Å²) in [5.41, 5.74) is 3.50. The summed E-state index contributed by atoms with van der Waals surface area (Å²) in [7, 11) is 0. The number of rotatable bonds is 3. The molecule has 150 valence electrons. The molecule has 1 saturated heterocycles. The molecule has 0 aliphatic carbocycles. The van der Waals surface area contributed by atoms with E-state index in [0.29, 0.717) is 16.9 Å². The lowest BCUT2D eigenvalue weighted by Crippen LogP contribution is -2.62. The second kappa shape index (κ2) is 8.02. The summed E-state index contributed by atoms with van der Waals surface area (Å²) in [4.78, 5) is 18.8. The number of anilines is 2. The van der Waals surface area contributed by atoms with Crippen molar-refractivity contribution < 1.29 is 9.90 Å². The van der Waals surface area contributed by atoms with Gasteiger partial charge in [-0.1, -0.05) is 31.9 Å². The van der Waals surface area contributed by atoms with E-state index in [-0.39, 0.29) is 11.3 Å². The zero-order valence-corrected chi connectivity index (χ0v) is 17.0. The quantitative estimate of drug-likeness (QED) is 0.658. The lowest BCUT2D eigenvalue weighted by Gasteiger charge is -2.52. The Labute approximate surface area is 176 Å². The number of aliphatic hydroxyl groups excluding tert-OH is 1. The Balaban J connectivity index is 1.42. The van der Waals surface area contributed by atoms with Crippen molar-refractivity contribution in [2.45, 2.75) is 20.1 Å². The number of carbonyl (C=O) groups excluding carboxylic acids is 1. The first-order chi connectivity index (χ1) is 14.4. The average molecular weight is 397 g/mol. The van der Waals surface area contributed by atoms with Crippen LogP contribution in [0.25, 0.3) is 0 Å². The molecule has 0 bridgehead atoms. The van der Waals surface area contributed by atoms with Crippen molar-refractivity contribution in [1.82, 2.24) is 4.98 Å². The number of pyridine rings is 1. The van der Waals surface area contributed by atoms with E-state index in [9.17, 15) is 9.90 Å². The summed E-state index contributed by atoms with van der Waals surface area (Å²) in [5, 5.41) is 13.1. The van der Waals surface area contributed by atoms with Gasteiger partial charge in [0.25, 0.3) is 5.91 Å². The number of nitrogens with zero attached hydrogens (tertiary/aromatic N) is 2. The normalized spacial score (nSPS) is 16.8. The van der Waals surface area contributed by atoms with Crippen molar-refractivity contribution in [2.24, 2.45) is 5.41 Å². The molecule has 2 heterocycles. The second-order valence-electron chi connectivity index (χ2n) is 8.04. The monoisotopic (exact) mass is 397 g/mol. The molecule has 3 aromatic rings. The fraction of sp³-hybridized carbons (Fsp3) is 0.200. The molecule has 1 amide bonds. The number of hydrogen-bond acceptors (Lipinski definition) is 4. The fourth-order valence-electron chi connectivity index (χ4n) is 3.40. The second-order valence-corrected chi connectivity index (χ2v) is 8.04. The smallest absolute Gasteiger partial charge is 0.255 e. The van der Waals surface area contributed by atoms with E-state index in [1.54, 1.807) is 18.3 Å². The van der Waals surface area contributed by atoms with E-state index in [4.69, 9.17) is 0 Å². The van der Waals surface area contributed by atoms with Crippen LogP contribution < -0.4 is 10.2 Å². The van der Waals surface area contributed by atoms with Crippen LogP contribution in [-0.4, -0.2) is 28.8 Å². The van der Waals surface area contributed by atoms with Crippen molar-refractivity contribution in [2.75, 3.05) is 16.8 Å². The van der Waals surface area contributed by atoms with Crippen LogP contribution in [0.2, 0.25) is 0 Å². The fourth-order valence-corrected chi connectivity index (χ4v) is 3.40. The maximum absolute atomic E-state index is 12.6. The number of amides is 1. The van der Waals surface area contributed by atoms with Gasteiger partial charge in [0.05, 0.1) is 0 Å². The summed E-state index contributed by atoms with van der Waals surface area (Å²) >= 11 is 0. The SMILES string of the molecule is CC1(C)CN(c2ccc(NC(=O)c3cccc(C#Cc4ccccn4)c3)cc2)C1O. The molecule has 2 aromatic carbocycles. The zero-order chi connectivity index (χ0) is 21.1. The molecule has 30 heavy (non-hydrogen) atoms. The molecule has 1 aromatic heterocycles. The first-order valence-corrected chi connectivity index (χ1v) is 9.82. The first kappa shape index (κ1) is 19.7. The first-order valence-electron chi connectivity index (χ1n) is 9.82. The lowest BCUT2D eigenvalue weighted by atomic mass is 9.81. The molecule has 2 N–H and O–H groups in total. The van der Waals surface area contributed by atoms with Gasteiger partial charge in [-0.2, -0.15) is 0 Å². The minimum atomic E-state index is -0.493. The minimum Gasteiger partial charge on any atom is -0.373 e. The van der Waals surface area contributed by atoms with Gasteiger partial charge in [-0.25, -0.2) is 4.98 Å². The third-order valence-corrected chi connectivity index (χ3v) is 5.15. The van der Waals surface area contributed by atoms with Gasteiger partial charge in [-0.15, -0.1) is 0 Å². The van der Waals surface area contributed by atoms with Gasteiger partial charge in [-0.3, -0.25) is 4.79 Å². The van der Waals surface area contributed by atoms with Crippen LogP contribution in [0.1, 0.15) is 35.5 Å². The number of hydrogen-bond donors (Lipinski definition) is 2. The maximum atomic E-state index is 12.6. The molecule has 1 aliphatic rings. The molecule has 1 aliphatic heterocycles. The van der Waals surface area contributed by atoms with E-state index in [2.05, 4.69) is 22.1 Å². The van der Waals surface area contributed by atoms with Crippen molar-refractivity contribution >= 4 is 17.3 Å². The number of aliphatic hydroxyl groups is 1. The van der Waals surface area contributed by atoms with Gasteiger partial charge >= 0.3 is 0 Å². The molecular weight excluding hydrogens is 374 g/mol. The molecule has 1 fully saturated rings. The molecule has 4 rings (SSSR count). The van der Waals surface area contributed by atoms with Crippen LogP contribution in [-0.2, 0) is 0 Å². The van der Waals surface area contributed by atoms with E-state index in [0.717, 1.165) is 17.8 Å². The summed E-state index contributed by atoms with van der Waals surface area (Å²) < 4.78 is 0. The minimum absolute atomic E-state index is 0.0998. The van der Waals surface area contributed by atoms with E-state index in [1.807, 2.05) is 73.3 Å². The van der Waals surface area contributed by atoms with Gasteiger partial charge in [0.2, 0.25) is 0 Å². The third-order valence-electron chi connectivity index (χ3n) is 5.15. The van der Waals surface area contributed by atoms with Crippen LogP contribution in [0.5, 0.6) is 0 Å². The van der Waals surface area contributed by atoms with Gasteiger partial charge in [0.1, 0.15) is 11.9 Å². The average Bonchev–Trinajstić information content (AvgIpc) is 2.77. The van der Waals surface area contributed by atoms with Gasteiger partial charge in [-0.05, 0) is 60.5 Å². The molecule has 5 nitrogen and oxygen atoms in total. The van der Waals surface area contributed by atoms with E-state index < -0.39 is 6.23 Å². The Kier molecular flexibility index (Phi) is 5.26. The molecule has 0 saturated carbocycles. The lowest BCUT2D eigenvalue weighted by molar-refractivity contribution is -0.0139. The Hall–Kier alpha value is -3.62. The molecule has 5 heteroatoms. The van der Waals surface area contributed by atoms with Crippen LogP contribution in [0.4, 0.5) is 11.4 Å². The van der Waals surface area contributed by atoms with Crippen molar-refractivity contribution in [1.29, 1.82) is 0 Å². The van der Waals surface area contributed by atoms with Gasteiger partial charge in [0, 0.05) is 40.7 Å². The van der Waals surface area contributed by atoms with Gasteiger partial charge in [0.15, 0.2) is 0 Å². The molecule has 1 atom stereocenters. The summed E-state index contributed by atoms with van der Waals surface area (Å²) in [6.45, 7) is 4.88. The van der Waals surface area contributed by atoms with Crippen molar-refractivity contribution in [3.05, 3.63) is 89.7 Å². The number of nitrogens with one attached hydrogen (secondary N) is 1. The number of benzene rings is 2. The van der Waals surface area contributed by atoms with Crippen LogP contribution >= 0.6 is 0 Å². The number of aromatic nitrogens is 1. The highest BCUT2D eigenvalue weighted by Gasteiger charge is 2.44. The zero-order valence-electron chi connectivity index (χ0n) is 17.0. The van der Waals surface area contributed by atoms with E-state index >= 15 is 0 Å². The molecule has 0 spiro atoms. The largest absolute Gasteiger partial charge is 0.373 e. The summed E-state index contributed by atoms with van der Waals surface area (Å²) in [6.07, 6.45) is 1.20. The van der Waals surface area contributed by atoms with Crippen LogP contribution in [0.15, 0.2) is 72.9 Å². The maximum Gasteiger partial charge on any atom is 0.255 e. The van der Waals surface area contributed by atoms with Crippen LogP contribution in [0.3, 0.4) is 0 Å². The highest BCUT2D eigenvalue weighted by atomic mass is 16.3. The van der Waals surface area contributed by atoms with E-state index in [1.165, 1.54) is 0 Å². The Morgan fingerprint density at radius 3 is 2.57 bits per heavy atom. The highest BCUT2D eigenvalue weighted by molar-refractivity contribution is 6.04. The summed E-state index contributed by atoms with van der Waals surface area (Å²) in [6, 6.07) is 20.3. The Morgan fingerprint density at radius 2 is 1.90 bits per heavy atom. The Bertz CT molecular complexity index is 1110. The van der Waals surface area contributed by atoms with Gasteiger partial charge < -0.3 is 15.3 Å². The standard InChI is InChI=1S/C25H23N3O2/c1-25(2)17-28(24(25)30)22-13-11-21(12-14-22)27-23(29)19-7-5-6-18(16-19)9-10-20-8-3-4-15-26-20/h3-8,11-16,24,30H,17H2,1-2H3,(H,27,29). The summed E-state index contributed by atoms with van der Waals surface area (Å²) in [5.74, 6) is 5.84. The molecule has 1 unspecified atom stereocenters. The predicted octanol–water partition coefficient (Wildman–Crippen LogP) is 3.90. The Morgan fingerprint density at radius 1 is 1.10 bits per heavy atom. The molecule has 0 radical (unpaired) electrons. The third kappa shape index (κ3) is 4.19.